The summed E-state index contributed by atoms with van der Waals surface area (Å²) >= 11 is 0. The SMILES string of the molecule is N#Cc1ccncc1N1CC2CCC(C1)O2. The fraction of sp³-hybridized carbons (Fsp3) is 0.500. The second kappa shape index (κ2) is 3.76. The summed E-state index contributed by atoms with van der Waals surface area (Å²) in [7, 11) is 0. The molecule has 0 aromatic carbocycles. The van der Waals surface area contributed by atoms with Crippen molar-refractivity contribution in [2.75, 3.05) is 18.0 Å². The van der Waals surface area contributed by atoms with Gasteiger partial charge in [-0.2, -0.15) is 5.26 Å². The number of rotatable bonds is 1. The highest BCUT2D eigenvalue weighted by Gasteiger charge is 2.34. The zero-order valence-electron chi connectivity index (χ0n) is 8.97. The van der Waals surface area contributed by atoms with Crippen LogP contribution in [0.3, 0.4) is 0 Å². The zero-order chi connectivity index (χ0) is 11.0. The molecule has 2 aliphatic rings. The molecule has 0 N–H and O–H groups in total. The molecule has 0 radical (unpaired) electrons. The largest absolute Gasteiger partial charge is 0.371 e. The van der Waals surface area contributed by atoms with Crippen LogP contribution in [0, 0.1) is 11.3 Å². The van der Waals surface area contributed by atoms with E-state index in [1.54, 1.807) is 18.5 Å². The summed E-state index contributed by atoms with van der Waals surface area (Å²) in [6, 6.07) is 3.99. The predicted molar refractivity (Wildman–Crippen MR) is 59.1 cm³/mol. The normalized spacial score (nSPS) is 27.8. The van der Waals surface area contributed by atoms with Crippen molar-refractivity contribution >= 4 is 5.69 Å². The molecule has 0 aliphatic carbocycles. The summed E-state index contributed by atoms with van der Waals surface area (Å²) in [6.07, 6.45) is 6.41. The Morgan fingerprint density at radius 3 is 2.81 bits per heavy atom. The maximum Gasteiger partial charge on any atom is 0.101 e. The van der Waals surface area contributed by atoms with E-state index in [2.05, 4.69) is 16.0 Å². The minimum Gasteiger partial charge on any atom is -0.371 e. The molecule has 4 heteroatoms. The Kier molecular flexibility index (Phi) is 2.26. The van der Waals surface area contributed by atoms with E-state index in [1.165, 1.54) is 0 Å². The molecule has 2 fully saturated rings. The van der Waals surface area contributed by atoms with Gasteiger partial charge in [0.1, 0.15) is 6.07 Å². The molecule has 2 unspecified atom stereocenters. The minimum absolute atomic E-state index is 0.338. The molecular weight excluding hydrogens is 202 g/mol. The van der Waals surface area contributed by atoms with Crippen LogP contribution in [0.5, 0.6) is 0 Å². The highest BCUT2D eigenvalue weighted by molar-refractivity contribution is 5.58. The third-order valence-electron chi connectivity index (χ3n) is 3.30. The molecule has 1 aromatic heterocycles. The lowest BCUT2D eigenvalue weighted by molar-refractivity contribution is 0.0304. The highest BCUT2D eigenvalue weighted by Crippen LogP contribution is 2.30. The number of fused-ring (bicyclic) bond motifs is 2. The maximum absolute atomic E-state index is 9.06. The highest BCUT2D eigenvalue weighted by atomic mass is 16.5. The Bertz CT molecular complexity index is 428. The van der Waals surface area contributed by atoms with Crippen molar-refractivity contribution in [3.8, 4) is 6.07 Å². The van der Waals surface area contributed by atoms with Crippen LogP contribution < -0.4 is 4.90 Å². The Labute approximate surface area is 94.5 Å². The number of nitrogens with zero attached hydrogens (tertiary/aromatic N) is 3. The third-order valence-corrected chi connectivity index (χ3v) is 3.30. The van der Waals surface area contributed by atoms with Gasteiger partial charge in [0.2, 0.25) is 0 Å². The first-order chi connectivity index (χ1) is 7.86. The minimum atomic E-state index is 0.338. The molecular formula is C12H13N3O. The van der Waals surface area contributed by atoms with Gasteiger partial charge in [-0.1, -0.05) is 0 Å². The maximum atomic E-state index is 9.06. The van der Waals surface area contributed by atoms with E-state index in [1.807, 2.05) is 0 Å². The van der Waals surface area contributed by atoms with Crippen molar-refractivity contribution in [3.05, 3.63) is 24.0 Å². The molecule has 2 atom stereocenters. The van der Waals surface area contributed by atoms with Gasteiger partial charge < -0.3 is 9.64 Å². The third kappa shape index (κ3) is 1.54. The zero-order valence-corrected chi connectivity index (χ0v) is 8.97. The standard InChI is InChI=1S/C12H13N3O/c13-5-9-3-4-14-6-12(9)15-7-10-1-2-11(8-15)16-10/h3-4,6,10-11H,1-2,7-8H2. The van der Waals surface area contributed by atoms with E-state index >= 15 is 0 Å². The van der Waals surface area contributed by atoms with Crippen LogP contribution in [0.4, 0.5) is 5.69 Å². The monoisotopic (exact) mass is 215 g/mol. The lowest BCUT2D eigenvalue weighted by atomic mass is 10.2. The van der Waals surface area contributed by atoms with Gasteiger partial charge in [0.15, 0.2) is 0 Å². The topological polar surface area (TPSA) is 49.2 Å². The molecule has 1 aromatic rings. The Morgan fingerprint density at radius 1 is 1.38 bits per heavy atom. The summed E-state index contributed by atoms with van der Waals surface area (Å²) in [5, 5.41) is 9.06. The van der Waals surface area contributed by atoms with Gasteiger partial charge in [0.25, 0.3) is 0 Å². The van der Waals surface area contributed by atoms with Crippen molar-refractivity contribution in [1.82, 2.24) is 4.98 Å². The van der Waals surface area contributed by atoms with Crippen LogP contribution in [-0.2, 0) is 4.74 Å². The summed E-state index contributed by atoms with van der Waals surface area (Å²) in [5.74, 6) is 0. The molecule has 0 saturated carbocycles. The van der Waals surface area contributed by atoms with E-state index in [0.29, 0.717) is 17.8 Å². The molecule has 3 rings (SSSR count). The summed E-state index contributed by atoms with van der Waals surface area (Å²) in [6.45, 7) is 1.77. The van der Waals surface area contributed by atoms with Crippen LogP contribution in [0.15, 0.2) is 18.5 Å². The average Bonchev–Trinajstić information content (AvgIpc) is 2.68. The average molecular weight is 215 g/mol. The van der Waals surface area contributed by atoms with E-state index in [9.17, 15) is 0 Å². The molecule has 2 aliphatic heterocycles. The quantitative estimate of drug-likeness (QED) is 0.709. The Morgan fingerprint density at radius 2 is 2.12 bits per heavy atom. The van der Waals surface area contributed by atoms with E-state index in [-0.39, 0.29) is 0 Å². The Hall–Kier alpha value is -1.60. The van der Waals surface area contributed by atoms with Crippen molar-refractivity contribution in [1.29, 1.82) is 5.26 Å². The first kappa shape index (κ1) is 9.61. The van der Waals surface area contributed by atoms with Gasteiger partial charge >= 0.3 is 0 Å². The summed E-state index contributed by atoms with van der Waals surface area (Å²) in [5.41, 5.74) is 1.65. The van der Waals surface area contributed by atoms with Gasteiger partial charge in [-0.25, -0.2) is 0 Å². The smallest absolute Gasteiger partial charge is 0.101 e. The number of hydrogen-bond donors (Lipinski definition) is 0. The number of morpholine rings is 1. The number of ether oxygens (including phenoxy) is 1. The Balaban J connectivity index is 1.90. The second-order valence-corrected chi connectivity index (χ2v) is 4.37. The first-order valence-corrected chi connectivity index (χ1v) is 5.61. The summed E-state index contributed by atoms with van der Waals surface area (Å²) in [4.78, 5) is 6.34. The van der Waals surface area contributed by atoms with Crippen LogP contribution in [0.2, 0.25) is 0 Å². The van der Waals surface area contributed by atoms with E-state index < -0.39 is 0 Å². The van der Waals surface area contributed by atoms with Gasteiger partial charge in [-0.05, 0) is 18.9 Å². The van der Waals surface area contributed by atoms with Gasteiger partial charge in [-0.15, -0.1) is 0 Å². The van der Waals surface area contributed by atoms with Crippen molar-refractivity contribution in [3.63, 3.8) is 0 Å². The van der Waals surface area contributed by atoms with Crippen LogP contribution in [-0.4, -0.2) is 30.3 Å². The number of hydrogen-bond acceptors (Lipinski definition) is 4. The lowest BCUT2D eigenvalue weighted by Gasteiger charge is -2.33. The molecule has 4 nitrogen and oxygen atoms in total. The predicted octanol–water partition coefficient (Wildman–Crippen LogP) is 1.32. The fourth-order valence-corrected chi connectivity index (χ4v) is 2.54. The molecule has 3 heterocycles. The van der Waals surface area contributed by atoms with Gasteiger partial charge in [0, 0.05) is 19.3 Å². The molecule has 0 spiro atoms. The van der Waals surface area contributed by atoms with Crippen molar-refractivity contribution in [2.24, 2.45) is 0 Å². The van der Waals surface area contributed by atoms with Gasteiger partial charge in [0.05, 0.1) is 29.7 Å². The molecule has 16 heavy (non-hydrogen) atoms. The van der Waals surface area contributed by atoms with Crippen LogP contribution in [0.1, 0.15) is 18.4 Å². The van der Waals surface area contributed by atoms with E-state index in [4.69, 9.17) is 10.00 Å². The number of pyridine rings is 1. The number of aromatic nitrogens is 1. The number of anilines is 1. The molecule has 82 valence electrons. The molecule has 2 bridgehead atoms. The fourth-order valence-electron chi connectivity index (χ4n) is 2.54. The number of nitriles is 1. The van der Waals surface area contributed by atoms with Crippen molar-refractivity contribution in [2.45, 2.75) is 25.0 Å². The molecule has 0 amide bonds. The lowest BCUT2D eigenvalue weighted by Crippen LogP contribution is -2.43. The molecule has 2 saturated heterocycles. The van der Waals surface area contributed by atoms with Crippen LogP contribution >= 0.6 is 0 Å². The summed E-state index contributed by atoms with van der Waals surface area (Å²) < 4.78 is 5.78. The van der Waals surface area contributed by atoms with Crippen LogP contribution in [0.25, 0.3) is 0 Å². The van der Waals surface area contributed by atoms with E-state index in [0.717, 1.165) is 31.6 Å². The van der Waals surface area contributed by atoms with Gasteiger partial charge in [-0.3, -0.25) is 4.98 Å². The van der Waals surface area contributed by atoms with Crippen molar-refractivity contribution < 1.29 is 4.74 Å². The first-order valence-electron chi connectivity index (χ1n) is 5.61. The second-order valence-electron chi connectivity index (χ2n) is 4.37.